The summed E-state index contributed by atoms with van der Waals surface area (Å²) in [6, 6.07) is 6.23. The predicted molar refractivity (Wildman–Crippen MR) is 112 cm³/mol. The molecular formula is C18H31N3O3SSi. The van der Waals surface area contributed by atoms with Gasteiger partial charge in [-0.3, -0.25) is 4.72 Å². The van der Waals surface area contributed by atoms with Gasteiger partial charge in [-0.2, -0.15) is 5.10 Å². The van der Waals surface area contributed by atoms with Crippen LogP contribution in [0.2, 0.25) is 25.7 Å². The minimum atomic E-state index is -3.33. The number of hydrazone groups is 1. The highest BCUT2D eigenvalue weighted by atomic mass is 32.2. The van der Waals surface area contributed by atoms with Gasteiger partial charge in [-0.25, -0.2) is 8.42 Å². The van der Waals surface area contributed by atoms with Crippen molar-refractivity contribution in [2.45, 2.75) is 51.1 Å². The van der Waals surface area contributed by atoms with Crippen LogP contribution in [-0.2, 0) is 16.4 Å². The maximum Gasteiger partial charge on any atom is 0.232 e. The average Bonchev–Trinajstić information content (AvgIpc) is 2.89. The third kappa shape index (κ3) is 5.74. The summed E-state index contributed by atoms with van der Waals surface area (Å²) in [5, 5.41) is 6.08. The molecule has 0 bridgehead atoms. The molecule has 0 fully saturated rings. The summed E-state index contributed by atoms with van der Waals surface area (Å²) < 4.78 is 33.6. The van der Waals surface area contributed by atoms with Crippen molar-refractivity contribution in [2.75, 3.05) is 24.6 Å². The number of rotatable bonds is 8. The minimum absolute atomic E-state index is 0.171. The van der Waals surface area contributed by atoms with Crippen LogP contribution >= 0.6 is 0 Å². The van der Waals surface area contributed by atoms with E-state index >= 15 is 0 Å². The van der Waals surface area contributed by atoms with Crippen LogP contribution in [-0.4, -0.2) is 53.2 Å². The first kappa shape index (κ1) is 20.8. The second-order valence-electron chi connectivity index (χ2n) is 8.34. The molecule has 1 atom stereocenters. The largest absolute Gasteiger partial charge is 0.481 e. The van der Waals surface area contributed by atoms with Crippen molar-refractivity contribution in [3.63, 3.8) is 0 Å². The molecule has 2 rings (SSSR count). The van der Waals surface area contributed by atoms with Crippen LogP contribution in [0.4, 0.5) is 5.69 Å². The Morgan fingerprint density at radius 1 is 1.35 bits per heavy atom. The Balaban J connectivity index is 2.13. The van der Waals surface area contributed by atoms with Crippen LogP contribution in [0, 0.1) is 0 Å². The quantitative estimate of drug-likeness (QED) is 0.415. The van der Waals surface area contributed by atoms with Gasteiger partial charge < -0.3 is 9.75 Å². The summed E-state index contributed by atoms with van der Waals surface area (Å²) in [7, 11) is -0.991. The second kappa shape index (κ2) is 7.60. The Labute approximate surface area is 158 Å². The van der Waals surface area contributed by atoms with Crippen molar-refractivity contribution in [3.8, 4) is 5.75 Å². The molecule has 0 radical (unpaired) electrons. The molecule has 1 unspecified atom stereocenters. The molecule has 0 amide bonds. The van der Waals surface area contributed by atoms with Gasteiger partial charge in [-0.05, 0) is 30.7 Å². The van der Waals surface area contributed by atoms with Gasteiger partial charge in [0.15, 0.2) is 0 Å². The van der Waals surface area contributed by atoms with E-state index in [-0.39, 0.29) is 5.75 Å². The van der Waals surface area contributed by atoms with Crippen LogP contribution in [0.15, 0.2) is 23.3 Å². The van der Waals surface area contributed by atoms with E-state index in [2.05, 4.69) is 36.4 Å². The molecule has 1 aliphatic rings. The lowest BCUT2D eigenvalue weighted by atomic mass is 9.95. The van der Waals surface area contributed by atoms with E-state index in [1.807, 2.05) is 32.4 Å². The highest BCUT2D eigenvalue weighted by Gasteiger charge is 2.37. The smallest absolute Gasteiger partial charge is 0.232 e. The van der Waals surface area contributed by atoms with Gasteiger partial charge in [-0.1, -0.05) is 26.6 Å². The van der Waals surface area contributed by atoms with Gasteiger partial charge >= 0.3 is 0 Å². The minimum Gasteiger partial charge on any atom is -0.481 e. The predicted octanol–water partition coefficient (Wildman–Crippen LogP) is 3.40. The third-order valence-corrected chi connectivity index (χ3v) is 7.78. The van der Waals surface area contributed by atoms with Gasteiger partial charge in [-0.15, -0.1) is 0 Å². The number of nitrogens with one attached hydrogen (secondary N) is 1. The number of fused-ring (bicyclic) bond motifs is 1. The fourth-order valence-electron chi connectivity index (χ4n) is 2.71. The van der Waals surface area contributed by atoms with Crippen LogP contribution in [0.5, 0.6) is 5.75 Å². The molecular weight excluding hydrogens is 366 g/mol. The summed E-state index contributed by atoms with van der Waals surface area (Å²) >= 11 is 0. The van der Waals surface area contributed by atoms with Crippen LogP contribution in [0.25, 0.3) is 0 Å². The van der Waals surface area contributed by atoms with Crippen molar-refractivity contribution in [3.05, 3.63) is 23.8 Å². The number of hydrogen-bond donors (Lipinski definition) is 1. The zero-order chi connectivity index (χ0) is 19.6. The monoisotopic (exact) mass is 397 g/mol. The zero-order valence-electron chi connectivity index (χ0n) is 16.7. The normalized spacial score (nSPS) is 20.1. The molecule has 1 aromatic carbocycles. The molecule has 1 aromatic rings. The maximum atomic E-state index is 12.4. The van der Waals surface area contributed by atoms with Gasteiger partial charge in [0.05, 0.1) is 12.0 Å². The summed E-state index contributed by atoms with van der Waals surface area (Å²) in [6.07, 6.45) is 3.31. The van der Waals surface area contributed by atoms with Gasteiger partial charge in [0.25, 0.3) is 0 Å². The number of hydrogen-bond acceptors (Lipinski definition) is 5. The molecule has 0 aromatic heterocycles. The van der Waals surface area contributed by atoms with Crippen molar-refractivity contribution in [2.24, 2.45) is 5.10 Å². The van der Waals surface area contributed by atoms with Crippen molar-refractivity contribution in [1.82, 2.24) is 5.01 Å². The number of anilines is 1. The molecule has 0 aliphatic carbocycles. The second-order valence-corrected chi connectivity index (χ2v) is 15.8. The third-order valence-electron chi connectivity index (χ3n) is 4.38. The van der Waals surface area contributed by atoms with Gasteiger partial charge in [0.2, 0.25) is 10.0 Å². The molecule has 26 heavy (non-hydrogen) atoms. The molecule has 1 heterocycles. The van der Waals surface area contributed by atoms with E-state index in [9.17, 15) is 8.42 Å². The lowest BCUT2D eigenvalue weighted by Gasteiger charge is -2.23. The molecule has 0 saturated heterocycles. The number of ether oxygens (including phenoxy) is 1. The van der Waals surface area contributed by atoms with Gasteiger partial charge in [0, 0.05) is 39.8 Å². The molecule has 1 aliphatic heterocycles. The lowest BCUT2D eigenvalue weighted by molar-refractivity contribution is 0.168. The first-order valence-corrected chi connectivity index (χ1v) is 14.3. The van der Waals surface area contributed by atoms with E-state index in [1.54, 1.807) is 11.1 Å². The fourth-order valence-corrected chi connectivity index (χ4v) is 6.82. The van der Waals surface area contributed by atoms with Crippen LogP contribution in [0.1, 0.15) is 18.9 Å². The number of sulfonamides is 1. The highest BCUT2D eigenvalue weighted by Crippen LogP contribution is 2.38. The molecule has 146 valence electrons. The average molecular weight is 398 g/mol. The van der Waals surface area contributed by atoms with Crippen LogP contribution in [0.3, 0.4) is 0 Å². The van der Waals surface area contributed by atoms with E-state index in [1.165, 1.54) is 0 Å². The van der Waals surface area contributed by atoms with E-state index < -0.39 is 23.7 Å². The van der Waals surface area contributed by atoms with Crippen molar-refractivity contribution >= 4 is 30.0 Å². The molecule has 8 heteroatoms. The van der Waals surface area contributed by atoms with E-state index in [0.717, 1.165) is 23.8 Å². The number of benzene rings is 1. The summed E-state index contributed by atoms with van der Waals surface area (Å²) in [6.45, 7) is 8.59. The van der Waals surface area contributed by atoms with E-state index in [4.69, 9.17) is 4.74 Å². The standard InChI is InChI=1S/C18H31N3O3SSi/c1-7-18(14-19-21(2)3)13-15-12-16(8-9-17(15)24-18)20-25(22,23)10-11-26(4,5)6/h8-9,12,14,20H,7,10-11,13H2,1-6H3/b19-14+. The summed E-state index contributed by atoms with van der Waals surface area (Å²) in [5.41, 5.74) is 1.13. The highest BCUT2D eigenvalue weighted by molar-refractivity contribution is 7.92. The molecule has 6 nitrogen and oxygen atoms in total. The summed E-state index contributed by atoms with van der Waals surface area (Å²) in [4.78, 5) is 0. The first-order chi connectivity index (χ1) is 11.9. The SMILES string of the molecule is CCC1(/C=N/N(C)C)Cc2cc(NS(=O)(=O)CC[Si](C)(C)C)ccc2O1. The van der Waals surface area contributed by atoms with Gasteiger partial charge in [0.1, 0.15) is 11.4 Å². The molecule has 1 N–H and O–H groups in total. The fraction of sp³-hybridized carbons (Fsp3) is 0.611. The Hall–Kier alpha value is -1.54. The van der Waals surface area contributed by atoms with Crippen molar-refractivity contribution in [1.29, 1.82) is 0 Å². The molecule has 0 spiro atoms. The first-order valence-electron chi connectivity index (χ1n) is 8.99. The maximum absolute atomic E-state index is 12.4. The van der Waals surface area contributed by atoms with Crippen LogP contribution < -0.4 is 9.46 Å². The number of nitrogens with zero attached hydrogens (tertiary/aromatic N) is 2. The van der Waals surface area contributed by atoms with E-state index in [0.29, 0.717) is 12.1 Å². The Bertz CT molecular complexity index is 772. The lowest BCUT2D eigenvalue weighted by Crippen LogP contribution is -2.36. The Morgan fingerprint density at radius 3 is 2.62 bits per heavy atom. The Morgan fingerprint density at radius 2 is 2.04 bits per heavy atom. The zero-order valence-corrected chi connectivity index (χ0v) is 18.5. The Kier molecular flexibility index (Phi) is 6.07. The molecule has 0 saturated carbocycles. The topological polar surface area (TPSA) is 71.0 Å². The summed E-state index contributed by atoms with van der Waals surface area (Å²) in [5.74, 6) is 0.965. The van der Waals surface area contributed by atoms with Crippen molar-refractivity contribution < 1.29 is 13.2 Å².